The fraction of sp³-hybridized carbons (Fsp3) is 0.333. The molecule has 1 aromatic heterocycles. The Bertz CT molecular complexity index is 938. The zero-order valence-corrected chi connectivity index (χ0v) is 15.9. The van der Waals surface area contributed by atoms with Crippen molar-refractivity contribution < 1.29 is 18.4 Å². The molecule has 4 rings (SSSR count). The number of nitrogens with zero attached hydrogens (tertiary/aromatic N) is 3. The highest BCUT2D eigenvalue weighted by Crippen LogP contribution is 2.32. The number of ether oxygens (including phenoxy) is 2. The standard InChI is InChI=1S/C21H22FN3O3/c1-26-18-10-5-15(11-19(18)27-2)21-23-20(28-24-21)13-25(17-8-9-17)12-14-3-6-16(22)7-4-14/h3-7,10-11,17H,8-9,12-13H2,1-2H3. The molecule has 0 N–H and O–H groups in total. The smallest absolute Gasteiger partial charge is 0.241 e. The Balaban J connectivity index is 1.49. The summed E-state index contributed by atoms with van der Waals surface area (Å²) in [5.74, 6) is 2.10. The number of rotatable bonds is 8. The molecule has 0 bridgehead atoms. The van der Waals surface area contributed by atoms with Gasteiger partial charge in [0, 0.05) is 18.2 Å². The zero-order chi connectivity index (χ0) is 19.5. The number of halogens is 1. The first-order valence-electron chi connectivity index (χ1n) is 9.19. The lowest BCUT2D eigenvalue weighted by Gasteiger charge is -2.19. The van der Waals surface area contributed by atoms with Crippen LogP contribution in [0.15, 0.2) is 47.0 Å². The summed E-state index contributed by atoms with van der Waals surface area (Å²) in [6, 6.07) is 12.6. The van der Waals surface area contributed by atoms with Crippen LogP contribution in [0, 0.1) is 5.82 Å². The number of hydrogen-bond acceptors (Lipinski definition) is 6. The number of methoxy groups -OCH3 is 2. The third-order valence-corrected chi connectivity index (χ3v) is 4.81. The molecule has 0 spiro atoms. The van der Waals surface area contributed by atoms with Gasteiger partial charge in [-0.1, -0.05) is 17.3 Å². The van der Waals surface area contributed by atoms with Crippen LogP contribution in [0.3, 0.4) is 0 Å². The number of benzene rings is 2. The summed E-state index contributed by atoms with van der Waals surface area (Å²) in [5, 5.41) is 4.11. The van der Waals surface area contributed by atoms with Crippen LogP contribution < -0.4 is 9.47 Å². The predicted molar refractivity (Wildman–Crippen MR) is 102 cm³/mol. The van der Waals surface area contributed by atoms with Gasteiger partial charge in [0.15, 0.2) is 11.5 Å². The van der Waals surface area contributed by atoms with Crippen molar-refractivity contribution in [2.75, 3.05) is 14.2 Å². The van der Waals surface area contributed by atoms with E-state index in [-0.39, 0.29) is 5.82 Å². The Morgan fingerprint density at radius 3 is 2.46 bits per heavy atom. The minimum atomic E-state index is -0.224. The highest BCUT2D eigenvalue weighted by Gasteiger charge is 2.30. The second kappa shape index (κ2) is 7.98. The van der Waals surface area contributed by atoms with E-state index in [0.717, 1.165) is 30.5 Å². The minimum absolute atomic E-state index is 0.224. The van der Waals surface area contributed by atoms with Crippen LogP contribution in [-0.2, 0) is 13.1 Å². The average Bonchev–Trinajstić information content (AvgIpc) is 3.47. The first kappa shape index (κ1) is 18.4. The third-order valence-electron chi connectivity index (χ3n) is 4.81. The average molecular weight is 383 g/mol. The van der Waals surface area contributed by atoms with Crippen molar-refractivity contribution in [2.45, 2.75) is 32.0 Å². The van der Waals surface area contributed by atoms with Crippen LogP contribution in [0.4, 0.5) is 4.39 Å². The lowest BCUT2D eigenvalue weighted by Crippen LogP contribution is -2.25. The monoisotopic (exact) mass is 383 g/mol. The molecule has 1 heterocycles. The van der Waals surface area contributed by atoms with Gasteiger partial charge in [-0.15, -0.1) is 0 Å². The third kappa shape index (κ3) is 4.14. The van der Waals surface area contributed by atoms with E-state index >= 15 is 0 Å². The molecular weight excluding hydrogens is 361 g/mol. The molecule has 0 amide bonds. The van der Waals surface area contributed by atoms with E-state index in [1.165, 1.54) is 12.1 Å². The Morgan fingerprint density at radius 1 is 1.04 bits per heavy atom. The molecule has 7 heteroatoms. The van der Waals surface area contributed by atoms with Gasteiger partial charge in [-0.2, -0.15) is 4.98 Å². The van der Waals surface area contributed by atoms with Crippen LogP contribution in [0.5, 0.6) is 11.5 Å². The highest BCUT2D eigenvalue weighted by atomic mass is 19.1. The molecule has 1 aliphatic rings. The largest absolute Gasteiger partial charge is 0.493 e. The molecule has 1 saturated carbocycles. The summed E-state index contributed by atoms with van der Waals surface area (Å²) >= 11 is 0. The molecule has 6 nitrogen and oxygen atoms in total. The highest BCUT2D eigenvalue weighted by molar-refractivity contribution is 5.60. The van der Waals surface area contributed by atoms with E-state index in [4.69, 9.17) is 14.0 Å². The Kier molecular flexibility index (Phi) is 5.25. The van der Waals surface area contributed by atoms with Crippen LogP contribution in [-0.4, -0.2) is 35.3 Å². The van der Waals surface area contributed by atoms with Crippen molar-refractivity contribution in [1.82, 2.24) is 15.0 Å². The van der Waals surface area contributed by atoms with Gasteiger partial charge in [-0.3, -0.25) is 4.90 Å². The molecule has 146 valence electrons. The Hall–Kier alpha value is -2.93. The molecule has 0 saturated heterocycles. The zero-order valence-electron chi connectivity index (χ0n) is 15.9. The summed E-state index contributed by atoms with van der Waals surface area (Å²) in [7, 11) is 3.18. The first-order chi connectivity index (χ1) is 13.7. The van der Waals surface area contributed by atoms with Gasteiger partial charge in [0.05, 0.1) is 20.8 Å². The molecule has 1 aliphatic carbocycles. The first-order valence-corrected chi connectivity index (χ1v) is 9.19. The summed E-state index contributed by atoms with van der Waals surface area (Å²) in [5.41, 5.74) is 1.86. The van der Waals surface area contributed by atoms with E-state index in [2.05, 4.69) is 15.0 Å². The topological polar surface area (TPSA) is 60.6 Å². The predicted octanol–water partition coefficient (Wildman–Crippen LogP) is 4.06. The van der Waals surface area contributed by atoms with Gasteiger partial charge in [0.1, 0.15) is 5.82 Å². The SMILES string of the molecule is COc1ccc(-c2noc(CN(Cc3ccc(F)cc3)C3CC3)n2)cc1OC. The minimum Gasteiger partial charge on any atom is -0.493 e. The summed E-state index contributed by atoms with van der Waals surface area (Å²) in [6.07, 6.45) is 2.30. The van der Waals surface area contributed by atoms with Crippen LogP contribution in [0.25, 0.3) is 11.4 Å². The fourth-order valence-corrected chi connectivity index (χ4v) is 3.16. The van der Waals surface area contributed by atoms with Crippen LogP contribution >= 0.6 is 0 Å². The van der Waals surface area contributed by atoms with Crippen molar-refractivity contribution in [1.29, 1.82) is 0 Å². The summed E-state index contributed by atoms with van der Waals surface area (Å²) in [4.78, 5) is 6.83. The Morgan fingerprint density at radius 2 is 1.79 bits per heavy atom. The second-order valence-corrected chi connectivity index (χ2v) is 6.84. The van der Waals surface area contributed by atoms with Crippen molar-refractivity contribution in [3.8, 4) is 22.9 Å². The maximum atomic E-state index is 13.1. The van der Waals surface area contributed by atoms with Gasteiger partial charge >= 0.3 is 0 Å². The van der Waals surface area contributed by atoms with E-state index in [9.17, 15) is 4.39 Å². The van der Waals surface area contributed by atoms with Crippen LogP contribution in [0.2, 0.25) is 0 Å². The molecular formula is C21H22FN3O3. The van der Waals surface area contributed by atoms with Gasteiger partial charge < -0.3 is 14.0 Å². The lowest BCUT2D eigenvalue weighted by atomic mass is 10.2. The number of hydrogen-bond donors (Lipinski definition) is 0. The molecule has 0 aliphatic heterocycles. The quantitative estimate of drug-likeness (QED) is 0.585. The van der Waals surface area contributed by atoms with Crippen molar-refractivity contribution in [2.24, 2.45) is 0 Å². The molecule has 3 aromatic rings. The lowest BCUT2D eigenvalue weighted by molar-refractivity contribution is 0.209. The fourth-order valence-electron chi connectivity index (χ4n) is 3.16. The normalized spacial score (nSPS) is 13.7. The van der Waals surface area contributed by atoms with E-state index in [1.807, 2.05) is 30.3 Å². The van der Waals surface area contributed by atoms with Crippen molar-refractivity contribution in [3.05, 3.63) is 59.7 Å². The maximum Gasteiger partial charge on any atom is 0.241 e. The molecule has 0 atom stereocenters. The Labute approximate surface area is 162 Å². The molecule has 1 fully saturated rings. The summed E-state index contributed by atoms with van der Waals surface area (Å²) < 4.78 is 29.2. The second-order valence-electron chi connectivity index (χ2n) is 6.84. The molecule has 0 unspecified atom stereocenters. The van der Waals surface area contributed by atoms with Gasteiger partial charge in [0.25, 0.3) is 0 Å². The van der Waals surface area contributed by atoms with Crippen molar-refractivity contribution in [3.63, 3.8) is 0 Å². The van der Waals surface area contributed by atoms with E-state index in [1.54, 1.807) is 14.2 Å². The van der Waals surface area contributed by atoms with Gasteiger partial charge in [-0.05, 0) is 48.7 Å². The molecule has 2 aromatic carbocycles. The van der Waals surface area contributed by atoms with E-state index in [0.29, 0.717) is 35.8 Å². The number of aromatic nitrogens is 2. The van der Waals surface area contributed by atoms with E-state index < -0.39 is 0 Å². The van der Waals surface area contributed by atoms with Gasteiger partial charge in [0.2, 0.25) is 11.7 Å². The summed E-state index contributed by atoms with van der Waals surface area (Å²) in [6.45, 7) is 1.28. The van der Waals surface area contributed by atoms with Crippen molar-refractivity contribution >= 4 is 0 Å². The van der Waals surface area contributed by atoms with Gasteiger partial charge in [-0.25, -0.2) is 4.39 Å². The van der Waals surface area contributed by atoms with Crippen LogP contribution in [0.1, 0.15) is 24.3 Å². The maximum absolute atomic E-state index is 13.1. The molecule has 28 heavy (non-hydrogen) atoms. The molecule has 0 radical (unpaired) electrons.